The average molecular weight is 512 g/mol. The summed E-state index contributed by atoms with van der Waals surface area (Å²) in [7, 11) is 1.81. The number of aromatic nitrogens is 1. The van der Waals surface area contributed by atoms with E-state index in [-0.39, 0.29) is 29.5 Å². The van der Waals surface area contributed by atoms with Gasteiger partial charge in [0.1, 0.15) is 0 Å². The number of guanidine groups is 1. The van der Waals surface area contributed by atoms with E-state index < -0.39 is 0 Å². The molecule has 28 heavy (non-hydrogen) atoms. The standard InChI is InChI=1S/C21H28N4OS.HI/c1-21(11-5-13-27-21)16-24-20(22-2)23-14-17-7-9-18(10-8-17)15-25-12-4-3-6-19(25)26;/h3-4,6-10,12H,5,11,13-16H2,1-2H3,(H2,22,23,24);1H. The molecule has 0 bridgehead atoms. The molecule has 2 heterocycles. The van der Waals surface area contributed by atoms with Crippen molar-refractivity contribution in [2.45, 2.75) is 37.6 Å². The van der Waals surface area contributed by atoms with E-state index in [4.69, 9.17) is 0 Å². The maximum Gasteiger partial charge on any atom is 0.250 e. The molecule has 0 amide bonds. The van der Waals surface area contributed by atoms with Crippen molar-refractivity contribution in [2.24, 2.45) is 4.99 Å². The Kier molecular flexibility index (Phi) is 8.88. The predicted octanol–water partition coefficient (Wildman–Crippen LogP) is 3.47. The number of thioether (sulfide) groups is 1. The largest absolute Gasteiger partial charge is 0.355 e. The second-order valence-corrected chi connectivity index (χ2v) is 8.85. The molecule has 1 aliphatic heterocycles. The zero-order valence-corrected chi connectivity index (χ0v) is 19.6. The van der Waals surface area contributed by atoms with Crippen molar-refractivity contribution >= 4 is 41.7 Å². The number of nitrogens with one attached hydrogen (secondary N) is 2. The van der Waals surface area contributed by atoms with Crippen LogP contribution in [0.2, 0.25) is 0 Å². The SMILES string of the molecule is CN=C(NCc1ccc(Cn2ccccc2=O)cc1)NCC1(C)CCCS1.I. The van der Waals surface area contributed by atoms with Crippen LogP contribution < -0.4 is 16.2 Å². The molecule has 1 atom stereocenters. The first-order valence-corrected chi connectivity index (χ1v) is 10.4. The number of pyridine rings is 1. The second kappa shape index (κ2) is 10.9. The molecule has 2 N–H and O–H groups in total. The van der Waals surface area contributed by atoms with E-state index in [0.29, 0.717) is 11.3 Å². The Labute approximate surface area is 188 Å². The Morgan fingerprint density at radius 2 is 1.93 bits per heavy atom. The molecule has 152 valence electrons. The van der Waals surface area contributed by atoms with Crippen LogP contribution in [-0.4, -0.2) is 34.6 Å². The van der Waals surface area contributed by atoms with Gasteiger partial charge >= 0.3 is 0 Å². The van der Waals surface area contributed by atoms with Gasteiger partial charge < -0.3 is 15.2 Å². The normalized spacial score (nSPS) is 19.1. The summed E-state index contributed by atoms with van der Waals surface area (Å²) in [6, 6.07) is 13.6. The van der Waals surface area contributed by atoms with Gasteiger partial charge in [0.25, 0.3) is 5.56 Å². The lowest BCUT2D eigenvalue weighted by molar-refractivity contribution is 0.584. The molecular weight excluding hydrogens is 483 g/mol. The van der Waals surface area contributed by atoms with Crippen LogP contribution >= 0.6 is 35.7 Å². The van der Waals surface area contributed by atoms with Crippen LogP contribution in [0.3, 0.4) is 0 Å². The van der Waals surface area contributed by atoms with Gasteiger partial charge in [-0.05, 0) is 42.7 Å². The minimum absolute atomic E-state index is 0. The fourth-order valence-corrected chi connectivity index (χ4v) is 4.45. The highest BCUT2D eigenvalue weighted by molar-refractivity contribution is 14.0. The zero-order valence-electron chi connectivity index (χ0n) is 16.5. The lowest BCUT2D eigenvalue weighted by Crippen LogP contribution is -2.43. The molecule has 5 nitrogen and oxygen atoms in total. The summed E-state index contributed by atoms with van der Waals surface area (Å²) < 4.78 is 2.02. The third kappa shape index (κ3) is 6.55. The molecule has 0 aliphatic carbocycles. The molecule has 7 heteroatoms. The van der Waals surface area contributed by atoms with Crippen molar-refractivity contribution < 1.29 is 0 Å². The molecule has 1 aliphatic rings. The number of hydrogen-bond donors (Lipinski definition) is 2. The van der Waals surface area contributed by atoms with Gasteiger partial charge in [0.05, 0.1) is 6.54 Å². The van der Waals surface area contributed by atoms with Crippen LogP contribution in [0.5, 0.6) is 0 Å². The van der Waals surface area contributed by atoms with Gasteiger partial charge in [-0.1, -0.05) is 30.3 Å². The summed E-state index contributed by atoms with van der Waals surface area (Å²) in [5.41, 5.74) is 2.32. The Balaban J connectivity index is 0.00000280. The summed E-state index contributed by atoms with van der Waals surface area (Å²) in [6.45, 7) is 4.56. The van der Waals surface area contributed by atoms with Crippen LogP contribution in [0.1, 0.15) is 30.9 Å². The van der Waals surface area contributed by atoms with Gasteiger partial charge in [0.2, 0.25) is 0 Å². The van der Waals surface area contributed by atoms with Crippen LogP contribution in [-0.2, 0) is 13.1 Å². The third-order valence-electron chi connectivity index (χ3n) is 4.89. The van der Waals surface area contributed by atoms with E-state index in [1.807, 2.05) is 24.0 Å². The molecule has 1 saturated heterocycles. The minimum atomic E-state index is 0. The van der Waals surface area contributed by atoms with Crippen molar-refractivity contribution in [1.29, 1.82) is 0 Å². The van der Waals surface area contributed by atoms with E-state index in [9.17, 15) is 4.79 Å². The monoisotopic (exact) mass is 512 g/mol. The smallest absolute Gasteiger partial charge is 0.250 e. The fourth-order valence-electron chi connectivity index (χ4n) is 3.20. The number of benzene rings is 1. The van der Waals surface area contributed by atoms with Crippen LogP contribution in [0.15, 0.2) is 58.4 Å². The maximum atomic E-state index is 11.8. The molecule has 1 aromatic heterocycles. The molecule has 3 rings (SSSR count). The Morgan fingerprint density at radius 3 is 2.57 bits per heavy atom. The number of halogens is 1. The van der Waals surface area contributed by atoms with Gasteiger partial charge in [-0.15, -0.1) is 24.0 Å². The molecule has 0 spiro atoms. The molecule has 1 aromatic carbocycles. The van der Waals surface area contributed by atoms with Crippen molar-refractivity contribution in [3.05, 3.63) is 70.1 Å². The van der Waals surface area contributed by atoms with E-state index in [0.717, 1.165) is 24.6 Å². The summed E-state index contributed by atoms with van der Waals surface area (Å²) in [5, 5.41) is 6.83. The Bertz CT molecular complexity index is 829. The number of hydrogen-bond acceptors (Lipinski definition) is 3. The van der Waals surface area contributed by atoms with Crippen LogP contribution in [0.25, 0.3) is 0 Å². The van der Waals surface area contributed by atoms with E-state index >= 15 is 0 Å². The Morgan fingerprint density at radius 1 is 1.18 bits per heavy atom. The molecule has 1 unspecified atom stereocenters. The lowest BCUT2D eigenvalue weighted by Gasteiger charge is -2.24. The van der Waals surface area contributed by atoms with Crippen molar-refractivity contribution in [3.8, 4) is 0 Å². The van der Waals surface area contributed by atoms with Crippen molar-refractivity contribution in [1.82, 2.24) is 15.2 Å². The van der Waals surface area contributed by atoms with Gasteiger partial charge in [0.15, 0.2) is 5.96 Å². The molecular formula is C21H29IN4OS. The summed E-state index contributed by atoms with van der Waals surface area (Å²) in [6.07, 6.45) is 4.38. The summed E-state index contributed by atoms with van der Waals surface area (Å²) in [5.74, 6) is 2.09. The number of rotatable bonds is 6. The topological polar surface area (TPSA) is 58.4 Å². The summed E-state index contributed by atoms with van der Waals surface area (Å²) >= 11 is 2.05. The highest BCUT2D eigenvalue weighted by Gasteiger charge is 2.29. The van der Waals surface area contributed by atoms with Crippen LogP contribution in [0.4, 0.5) is 0 Å². The minimum Gasteiger partial charge on any atom is -0.355 e. The van der Waals surface area contributed by atoms with E-state index in [1.165, 1.54) is 24.2 Å². The van der Waals surface area contributed by atoms with Gasteiger partial charge in [-0.3, -0.25) is 9.79 Å². The maximum absolute atomic E-state index is 11.8. The van der Waals surface area contributed by atoms with Crippen molar-refractivity contribution in [2.75, 3.05) is 19.3 Å². The van der Waals surface area contributed by atoms with E-state index in [1.54, 1.807) is 23.7 Å². The third-order valence-corrected chi connectivity index (χ3v) is 6.43. The fraction of sp³-hybridized carbons (Fsp3) is 0.429. The lowest BCUT2D eigenvalue weighted by atomic mass is 10.1. The first kappa shape index (κ1) is 22.8. The highest BCUT2D eigenvalue weighted by atomic mass is 127. The van der Waals surface area contributed by atoms with E-state index in [2.05, 4.69) is 46.8 Å². The average Bonchev–Trinajstić information content (AvgIpc) is 3.12. The first-order valence-electron chi connectivity index (χ1n) is 9.40. The van der Waals surface area contributed by atoms with Gasteiger partial charge in [-0.2, -0.15) is 11.8 Å². The first-order chi connectivity index (χ1) is 13.1. The predicted molar refractivity (Wildman–Crippen MR) is 130 cm³/mol. The zero-order chi connectivity index (χ0) is 19.1. The molecule has 0 saturated carbocycles. The number of aliphatic imine (C=N–C) groups is 1. The molecule has 0 radical (unpaired) electrons. The van der Waals surface area contributed by atoms with Gasteiger partial charge in [-0.25, -0.2) is 0 Å². The van der Waals surface area contributed by atoms with Gasteiger partial charge in [0, 0.05) is 37.1 Å². The van der Waals surface area contributed by atoms with Crippen LogP contribution in [0, 0.1) is 0 Å². The highest BCUT2D eigenvalue weighted by Crippen LogP contribution is 2.36. The second-order valence-electron chi connectivity index (χ2n) is 7.16. The summed E-state index contributed by atoms with van der Waals surface area (Å²) in [4.78, 5) is 16.1. The Hall–Kier alpha value is -1.48. The molecule has 2 aromatic rings. The van der Waals surface area contributed by atoms with Crippen molar-refractivity contribution in [3.63, 3.8) is 0 Å². The molecule has 1 fully saturated rings. The quantitative estimate of drug-likeness (QED) is 0.354. The number of nitrogens with zero attached hydrogens (tertiary/aromatic N) is 2.